The van der Waals surface area contributed by atoms with E-state index >= 15 is 0 Å². The lowest BCUT2D eigenvalue weighted by Gasteiger charge is -2.37. The molecular weight excluding hydrogens is 338 g/mol. The van der Waals surface area contributed by atoms with Crippen molar-refractivity contribution in [2.75, 3.05) is 11.4 Å². The maximum Gasteiger partial charge on any atom is 0.0610 e. The first-order chi connectivity index (χ1) is 14.6. The molecule has 0 bridgehead atoms. The second kappa shape index (κ2) is 6.98. The Morgan fingerprint density at radius 2 is 1.50 bits per heavy atom. The van der Waals surface area contributed by atoms with Gasteiger partial charge in [-0.05, 0) is 68.4 Å². The molecular formula is C27H29N. The molecule has 0 N–H and O–H groups in total. The van der Waals surface area contributed by atoms with Gasteiger partial charge in [-0.3, -0.25) is 0 Å². The van der Waals surface area contributed by atoms with Crippen molar-refractivity contribution in [3.05, 3.63) is 101 Å². The molecule has 3 aromatic carbocycles. The molecule has 0 aromatic heterocycles. The van der Waals surface area contributed by atoms with Crippen molar-refractivity contribution in [2.24, 2.45) is 0 Å². The van der Waals surface area contributed by atoms with Crippen LogP contribution in [-0.4, -0.2) is 12.1 Å². The second-order valence-corrected chi connectivity index (χ2v) is 8.24. The van der Waals surface area contributed by atoms with Crippen LogP contribution in [0, 0.1) is 20.7 Å². The second-order valence-electron chi connectivity index (χ2n) is 8.24. The molecule has 0 radical (unpaired) electrons. The molecule has 4 rings (SSSR count). The summed E-state index contributed by atoms with van der Waals surface area (Å²) in [6, 6.07) is 24.7. The minimum atomic E-state index is -2.13. The number of anilines is 1. The van der Waals surface area contributed by atoms with Crippen LogP contribution in [0.2, 0.25) is 0 Å². The van der Waals surface area contributed by atoms with Gasteiger partial charge >= 0.3 is 0 Å². The zero-order chi connectivity index (χ0) is 22.4. The van der Waals surface area contributed by atoms with Gasteiger partial charge in [0.05, 0.1) is 5.54 Å². The Kier molecular flexibility index (Phi) is 3.78. The van der Waals surface area contributed by atoms with Crippen LogP contribution in [0.15, 0.2) is 72.8 Å². The molecule has 1 heteroatoms. The highest BCUT2D eigenvalue weighted by atomic mass is 15.2. The Balaban J connectivity index is 1.95. The van der Waals surface area contributed by atoms with Gasteiger partial charge in [-0.1, -0.05) is 77.9 Å². The zero-order valence-electron chi connectivity index (χ0n) is 20.1. The molecule has 0 unspecified atom stereocenters. The van der Waals surface area contributed by atoms with Crippen molar-refractivity contribution in [3.8, 4) is 0 Å². The number of para-hydroxylation sites is 1. The highest BCUT2D eigenvalue weighted by Gasteiger charge is 2.41. The Bertz CT molecular complexity index is 1140. The van der Waals surface area contributed by atoms with E-state index in [9.17, 15) is 0 Å². The lowest BCUT2D eigenvalue weighted by Crippen LogP contribution is -2.41. The van der Waals surface area contributed by atoms with Gasteiger partial charge in [-0.25, -0.2) is 0 Å². The van der Waals surface area contributed by atoms with Gasteiger partial charge < -0.3 is 4.90 Å². The van der Waals surface area contributed by atoms with Gasteiger partial charge in [0.25, 0.3) is 0 Å². The minimum Gasteiger partial charge on any atom is -0.358 e. The Morgan fingerprint density at radius 1 is 0.821 bits per heavy atom. The molecule has 3 aromatic rings. The summed E-state index contributed by atoms with van der Waals surface area (Å²) < 4.78 is 23.8. The fourth-order valence-electron chi connectivity index (χ4n) is 4.52. The molecule has 1 nitrogen and oxygen atoms in total. The van der Waals surface area contributed by atoms with Gasteiger partial charge in [-0.2, -0.15) is 0 Å². The van der Waals surface area contributed by atoms with Crippen molar-refractivity contribution >= 4 is 16.8 Å². The Hall–Kier alpha value is -2.80. The molecule has 0 atom stereocenters. The molecule has 1 heterocycles. The van der Waals surface area contributed by atoms with Crippen LogP contribution in [0.5, 0.6) is 0 Å². The highest BCUT2D eigenvalue weighted by Crippen LogP contribution is 2.47. The van der Waals surface area contributed by atoms with E-state index in [4.69, 9.17) is 4.11 Å². The van der Waals surface area contributed by atoms with Crippen LogP contribution in [0.3, 0.4) is 0 Å². The quantitative estimate of drug-likeness (QED) is 0.489. The molecule has 0 fully saturated rings. The number of benzene rings is 3. The van der Waals surface area contributed by atoms with Gasteiger partial charge in [0.15, 0.2) is 0 Å². The molecule has 0 amide bonds. The van der Waals surface area contributed by atoms with E-state index < -0.39 is 6.85 Å². The van der Waals surface area contributed by atoms with Crippen LogP contribution in [0.4, 0.5) is 5.69 Å². The van der Waals surface area contributed by atoms with Crippen molar-refractivity contribution in [3.63, 3.8) is 0 Å². The van der Waals surface area contributed by atoms with Crippen LogP contribution in [-0.2, 0) is 0 Å². The SMILES string of the molecule is [2H]C([2H])([2H])c1cc(C)cc(C2=C(c3ccccc3)C(C)(C)N(c3ccccc3C)C2)c1. The normalized spacial score (nSPS) is 18.0. The van der Waals surface area contributed by atoms with Gasteiger partial charge in [0, 0.05) is 16.3 Å². The van der Waals surface area contributed by atoms with E-state index in [1.165, 1.54) is 28.0 Å². The maximum atomic E-state index is 7.94. The highest BCUT2D eigenvalue weighted by molar-refractivity contribution is 6.01. The smallest absolute Gasteiger partial charge is 0.0610 e. The summed E-state index contributed by atoms with van der Waals surface area (Å²) in [5.41, 5.74) is 8.16. The maximum absolute atomic E-state index is 7.94. The van der Waals surface area contributed by atoms with Crippen LogP contribution < -0.4 is 4.90 Å². The van der Waals surface area contributed by atoms with Crippen molar-refractivity contribution in [1.29, 1.82) is 0 Å². The number of aryl methyl sites for hydroxylation is 3. The largest absolute Gasteiger partial charge is 0.358 e. The number of hydrogen-bond acceptors (Lipinski definition) is 1. The van der Waals surface area contributed by atoms with E-state index in [1.807, 2.05) is 19.1 Å². The average molecular weight is 371 g/mol. The van der Waals surface area contributed by atoms with E-state index in [1.54, 1.807) is 6.07 Å². The standard InChI is InChI=1S/C27H29N/c1-19-15-20(2)17-23(16-19)24-18-28(25-14-10-9-11-21(25)3)27(4,5)26(24)22-12-7-6-8-13-22/h6-17H,18H2,1-5H3/i1D3. The molecule has 0 spiro atoms. The Morgan fingerprint density at radius 3 is 2.21 bits per heavy atom. The molecule has 1 aliphatic heterocycles. The van der Waals surface area contributed by atoms with Crippen LogP contribution in [0.1, 0.15) is 45.8 Å². The van der Waals surface area contributed by atoms with E-state index in [0.717, 1.165) is 17.7 Å². The average Bonchev–Trinajstić information content (AvgIpc) is 2.99. The number of hydrogen-bond donors (Lipinski definition) is 0. The number of nitrogens with zero attached hydrogens (tertiary/aromatic N) is 1. The third-order valence-electron chi connectivity index (χ3n) is 5.80. The molecule has 142 valence electrons. The lowest BCUT2D eigenvalue weighted by atomic mass is 9.85. The first-order valence-electron chi connectivity index (χ1n) is 11.3. The summed E-state index contributed by atoms with van der Waals surface area (Å²) >= 11 is 0. The van der Waals surface area contributed by atoms with Crippen molar-refractivity contribution < 1.29 is 4.11 Å². The summed E-state index contributed by atoms with van der Waals surface area (Å²) in [4.78, 5) is 2.44. The zero-order valence-corrected chi connectivity index (χ0v) is 17.1. The fraction of sp³-hybridized carbons (Fsp3) is 0.259. The predicted octanol–water partition coefficient (Wildman–Crippen LogP) is 6.82. The van der Waals surface area contributed by atoms with Gasteiger partial charge in [-0.15, -0.1) is 0 Å². The summed E-state index contributed by atoms with van der Waals surface area (Å²) in [7, 11) is 0. The predicted molar refractivity (Wildman–Crippen MR) is 122 cm³/mol. The van der Waals surface area contributed by atoms with Gasteiger partial charge in [0.2, 0.25) is 0 Å². The summed E-state index contributed by atoms with van der Waals surface area (Å²) in [6.07, 6.45) is 0. The molecule has 1 aliphatic rings. The first kappa shape index (κ1) is 15.2. The Labute approximate surface area is 173 Å². The molecule has 0 saturated heterocycles. The van der Waals surface area contributed by atoms with Crippen LogP contribution >= 0.6 is 0 Å². The van der Waals surface area contributed by atoms with Crippen molar-refractivity contribution in [1.82, 2.24) is 0 Å². The molecule has 0 aliphatic carbocycles. The van der Waals surface area contributed by atoms with Crippen molar-refractivity contribution in [2.45, 2.75) is 40.1 Å². The minimum absolute atomic E-state index is 0.257. The first-order valence-corrected chi connectivity index (χ1v) is 9.84. The fourth-order valence-corrected chi connectivity index (χ4v) is 4.52. The summed E-state index contributed by atoms with van der Waals surface area (Å²) in [5, 5.41) is 0. The van der Waals surface area contributed by atoms with E-state index in [-0.39, 0.29) is 5.54 Å². The monoisotopic (exact) mass is 370 g/mol. The molecule has 28 heavy (non-hydrogen) atoms. The van der Waals surface area contributed by atoms with Gasteiger partial charge in [0.1, 0.15) is 0 Å². The lowest BCUT2D eigenvalue weighted by molar-refractivity contribution is 0.626. The summed E-state index contributed by atoms with van der Waals surface area (Å²) in [6.45, 7) is 7.24. The summed E-state index contributed by atoms with van der Waals surface area (Å²) in [5.74, 6) is 0. The molecule has 0 saturated carbocycles. The third-order valence-corrected chi connectivity index (χ3v) is 5.80. The van der Waals surface area contributed by atoms with E-state index in [0.29, 0.717) is 5.56 Å². The third kappa shape index (κ3) is 3.16. The van der Waals surface area contributed by atoms with Crippen LogP contribution in [0.25, 0.3) is 11.1 Å². The topological polar surface area (TPSA) is 3.24 Å². The number of rotatable bonds is 3. The van der Waals surface area contributed by atoms with E-state index in [2.05, 4.69) is 80.3 Å².